The fourth-order valence-electron chi connectivity index (χ4n) is 3.87. The van der Waals surface area contributed by atoms with E-state index in [0.717, 1.165) is 35.5 Å². The molecule has 0 saturated carbocycles. The van der Waals surface area contributed by atoms with Crippen LogP contribution in [0.3, 0.4) is 0 Å². The van der Waals surface area contributed by atoms with Gasteiger partial charge in [0, 0.05) is 11.3 Å². The molecule has 198 valence electrons. The minimum absolute atomic E-state index is 0.0860. The molecule has 0 unspecified atom stereocenters. The van der Waals surface area contributed by atoms with Gasteiger partial charge in [0.2, 0.25) is 0 Å². The molecule has 0 aliphatic heterocycles. The number of carbonyl (C=O) groups is 1. The maximum absolute atomic E-state index is 12.6. The van der Waals surface area contributed by atoms with Crippen LogP contribution in [0.1, 0.15) is 61.4 Å². The smallest absolute Gasteiger partial charge is 0.469 e. The second-order valence-electron chi connectivity index (χ2n) is 8.94. The lowest BCUT2D eigenvalue weighted by Gasteiger charge is -2.09. The number of benzene rings is 3. The van der Waals surface area contributed by atoms with Crippen molar-refractivity contribution in [3.8, 4) is 16.9 Å². The molecule has 1 amide bonds. The fraction of sp³-hybridized carbons (Fsp3) is 0.345. The zero-order valence-electron chi connectivity index (χ0n) is 21.3. The predicted molar refractivity (Wildman–Crippen MR) is 147 cm³/mol. The summed E-state index contributed by atoms with van der Waals surface area (Å²) in [6.45, 7) is 2.88. The standard InChI is InChI=1S/C29H36NO6P/c1-2-3-4-5-6-7-21-35-28-18-14-25(15-19-28)24-10-12-26(13-11-24)29(31)30-27-16-8-23(9-17-27)20-22-36-37(32,33)34/h8-19H,2-7,20-22H2,1H3,(H,30,31)(H2,32,33,34). The Balaban J connectivity index is 1.45. The second kappa shape index (κ2) is 14.7. The molecule has 0 aliphatic rings. The van der Waals surface area contributed by atoms with Crippen LogP contribution in [0.4, 0.5) is 5.69 Å². The van der Waals surface area contributed by atoms with Crippen LogP contribution in [0, 0.1) is 0 Å². The molecule has 0 bridgehead atoms. The molecular weight excluding hydrogens is 489 g/mol. The molecule has 0 fully saturated rings. The van der Waals surface area contributed by atoms with E-state index in [0.29, 0.717) is 17.7 Å². The number of phosphoric acid groups is 1. The van der Waals surface area contributed by atoms with Crippen LogP contribution in [0.25, 0.3) is 11.1 Å². The van der Waals surface area contributed by atoms with E-state index in [4.69, 9.17) is 14.5 Å². The number of unbranched alkanes of at least 4 members (excludes halogenated alkanes) is 5. The SMILES string of the molecule is CCCCCCCCOc1ccc(-c2ccc(C(=O)Nc3ccc(CCOP(=O)(O)O)cc3)cc2)cc1. The summed E-state index contributed by atoms with van der Waals surface area (Å²) in [6, 6.07) is 22.5. The number of carbonyl (C=O) groups excluding carboxylic acids is 1. The van der Waals surface area contributed by atoms with Gasteiger partial charge in [-0.25, -0.2) is 4.57 Å². The topological polar surface area (TPSA) is 105 Å². The van der Waals surface area contributed by atoms with Gasteiger partial charge in [0.1, 0.15) is 5.75 Å². The Morgan fingerprint density at radius 3 is 2.00 bits per heavy atom. The highest BCUT2D eigenvalue weighted by Gasteiger charge is 2.13. The predicted octanol–water partition coefficient (Wildman–Crippen LogP) is 7.00. The van der Waals surface area contributed by atoms with Crippen LogP contribution < -0.4 is 10.1 Å². The summed E-state index contributed by atoms with van der Waals surface area (Å²) in [7, 11) is -4.46. The molecule has 8 heteroatoms. The zero-order chi connectivity index (χ0) is 26.5. The Kier molecular flexibility index (Phi) is 11.4. The molecule has 3 rings (SSSR count). The summed E-state index contributed by atoms with van der Waals surface area (Å²) < 4.78 is 21.1. The van der Waals surface area contributed by atoms with Gasteiger partial charge in [-0.05, 0) is 65.9 Å². The van der Waals surface area contributed by atoms with Crippen molar-refractivity contribution in [2.75, 3.05) is 18.5 Å². The largest absolute Gasteiger partial charge is 0.494 e. The lowest BCUT2D eigenvalue weighted by atomic mass is 10.0. The van der Waals surface area contributed by atoms with Crippen LogP contribution in [0.15, 0.2) is 72.8 Å². The number of ether oxygens (including phenoxy) is 1. The van der Waals surface area contributed by atoms with Crippen molar-refractivity contribution >= 4 is 19.4 Å². The van der Waals surface area contributed by atoms with Gasteiger partial charge in [-0.1, -0.05) is 75.4 Å². The normalized spacial score (nSPS) is 11.3. The molecule has 3 N–H and O–H groups in total. The Labute approximate surface area is 219 Å². The van der Waals surface area contributed by atoms with Crippen LogP contribution in [-0.2, 0) is 15.5 Å². The van der Waals surface area contributed by atoms with Crippen LogP contribution >= 0.6 is 7.82 Å². The molecule has 0 aliphatic carbocycles. The first-order valence-electron chi connectivity index (χ1n) is 12.8. The van der Waals surface area contributed by atoms with E-state index >= 15 is 0 Å². The zero-order valence-corrected chi connectivity index (χ0v) is 22.2. The van der Waals surface area contributed by atoms with Gasteiger partial charge in [-0.3, -0.25) is 9.32 Å². The van der Waals surface area contributed by atoms with Crippen molar-refractivity contribution < 1.29 is 28.4 Å². The summed E-state index contributed by atoms with van der Waals surface area (Å²) in [4.78, 5) is 30.1. The third-order valence-corrected chi connectivity index (χ3v) is 6.48. The summed E-state index contributed by atoms with van der Waals surface area (Å²) >= 11 is 0. The van der Waals surface area contributed by atoms with Gasteiger partial charge in [0.05, 0.1) is 13.2 Å². The third-order valence-electron chi connectivity index (χ3n) is 5.96. The Bertz CT molecular complexity index is 1140. The Morgan fingerprint density at radius 2 is 1.38 bits per heavy atom. The summed E-state index contributed by atoms with van der Waals surface area (Å²) in [5, 5.41) is 2.86. The highest BCUT2D eigenvalue weighted by Crippen LogP contribution is 2.35. The van der Waals surface area contributed by atoms with Crippen molar-refractivity contribution in [2.24, 2.45) is 0 Å². The molecule has 0 heterocycles. The van der Waals surface area contributed by atoms with E-state index in [2.05, 4.69) is 16.8 Å². The minimum Gasteiger partial charge on any atom is -0.494 e. The lowest BCUT2D eigenvalue weighted by Crippen LogP contribution is -2.11. The molecule has 0 aromatic heterocycles. The Morgan fingerprint density at radius 1 is 0.784 bits per heavy atom. The first-order valence-corrected chi connectivity index (χ1v) is 14.3. The molecule has 37 heavy (non-hydrogen) atoms. The first-order chi connectivity index (χ1) is 17.8. The second-order valence-corrected chi connectivity index (χ2v) is 10.2. The van der Waals surface area contributed by atoms with Crippen LogP contribution in [-0.4, -0.2) is 28.9 Å². The molecule has 0 saturated heterocycles. The van der Waals surface area contributed by atoms with E-state index in [-0.39, 0.29) is 12.5 Å². The molecule has 7 nitrogen and oxygen atoms in total. The Hall–Kier alpha value is -2.96. The highest BCUT2D eigenvalue weighted by atomic mass is 31.2. The van der Waals surface area contributed by atoms with E-state index in [1.807, 2.05) is 36.4 Å². The number of hydrogen-bond donors (Lipinski definition) is 3. The molecule has 3 aromatic carbocycles. The molecule has 0 spiro atoms. The van der Waals surface area contributed by atoms with E-state index in [1.54, 1.807) is 36.4 Å². The number of rotatable bonds is 15. The number of nitrogens with one attached hydrogen (secondary N) is 1. The maximum atomic E-state index is 12.6. The average molecular weight is 526 g/mol. The number of anilines is 1. The average Bonchev–Trinajstić information content (AvgIpc) is 2.89. The van der Waals surface area contributed by atoms with Gasteiger partial charge in [0.25, 0.3) is 5.91 Å². The van der Waals surface area contributed by atoms with Crippen molar-refractivity contribution in [3.05, 3.63) is 83.9 Å². The van der Waals surface area contributed by atoms with Gasteiger partial charge in [0.15, 0.2) is 0 Å². The van der Waals surface area contributed by atoms with E-state index in [9.17, 15) is 9.36 Å². The first kappa shape index (κ1) is 28.6. The van der Waals surface area contributed by atoms with Crippen LogP contribution in [0.5, 0.6) is 5.75 Å². The molecule has 3 aromatic rings. The lowest BCUT2D eigenvalue weighted by molar-refractivity contribution is 0.102. The number of phosphoric ester groups is 1. The van der Waals surface area contributed by atoms with Gasteiger partial charge in [-0.2, -0.15) is 0 Å². The van der Waals surface area contributed by atoms with Crippen molar-refractivity contribution in [1.82, 2.24) is 0 Å². The van der Waals surface area contributed by atoms with Gasteiger partial charge >= 0.3 is 7.82 Å². The summed E-state index contributed by atoms with van der Waals surface area (Å²) in [6.07, 6.45) is 7.79. The van der Waals surface area contributed by atoms with Crippen molar-refractivity contribution in [3.63, 3.8) is 0 Å². The van der Waals surface area contributed by atoms with Gasteiger partial charge < -0.3 is 19.8 Å². The van der Waals surface area contributed by atoms with E-state index < -0.39 is 7.82 Å². The third kappa shape index (κ3) is 10.5. The quantitative estimate of drug-likeness (QED) is 0.146. The number of amides is 1. The highest BCUT2D eigenvalue weighted by molar-refractivity contribution is 7.46. The van der Waals surface area contributed by atoms with Gasteiger partial charge in [-0.15, -0.1) is 0 Å². The van der Waals surface area contributed by atoms with Crippen LogP contribution in [0.2, 0.25) is 0 Å². The summed E-state index contributed by atoms with van der Waals surface area (Å²) in [5.74, 6) is 0.649. The maximum Gasteiger partial charge on any atom is 0.469 e. The van der Waals surface area contributed by atoms with Crippen molar-refractivity contribution in [1.29, 1.82) is 0 Å². The van der Waals surface area contributed by atoms with Crippen molar-refractivity contribution in [2.45, 2.75) is 51.9 Å². The minimum atomic E-state index is -4.46. The van der Waals surface area contributed by atoms with E-state index in [1.165, 1.54) is 32.1 Å². The molecule has 0 atom stereocenters. The summed E-state index contributed by atoms with van der Waals surface area (Å²) in [5.41, 5.74) is 4.08. The molecule has 0 radical (unpaired) electrons. The fourth-order valence-corrected chi connectivity index (χ4v) is 4.20. The monoisotopic (exact) mass is 525 g/mol. The number of hydrogen-bond acceptors (Lipinski definition) is 4. The molecular formula is C29H36NO6P.